The minimum absolute atomic E-state index is 0.103. The van der Waals surface area contributed by atoms with Crippen LogP contribution in [0.3, 0.4) is 0 Å². The molecule has 1 atom stereocenters. The fourth-order valence-corrected chi connectivity index (χ4v) is 4.19. The second-order valence-corrected chi connectivity index (χ2v) is 6.68. The van der Waals surface area contributed by atoms with E-state index in [-0.39, 0.29) is 11.3 Å². The summed E-state index contributed by atoms with van der Waals surface area (Å²) in [6.07, 6.45) is 0. The van der Waals surface area contributed by atoms with Crippen LogP contribution in [-0.4, -0.2) is 37.9 Å². The number of rotatable bonds is 6. The number of benzene rings is 2. The van der Waals surface area contributed by atoms with Crippen LogP contribution in [0, 0.1) is 0 Å². The fraction of sp³-hybridized carbons (Fsp3) is 0.316. The third kappa shape index (κ3) is 3.54. The van der Waals surface area contributed by atoms with Crippen molar-refractivity contribution in [3.8, 4) is 17.2 Å². The summed E-state index contributed by atoms with van der Waals surface area (Å²) in [7, 11) is 4.90. The molecule has 1 aliphatic heterocycles. The van der Waals surface area contributed by atoms with Crippen molar-refractivity contribution in [1.82, 2.24) is 4.90 Å². The van der Waals surface area contributed by atoms with Crippen molar-refractivity contribution < 1.29 is 19.0 Å². The Morgan fingerprint density at radius 2 is 1.72 bits per heavy atom. The smallest absolute Gasteiger partial charge is 0.234 e. The minimum Gasteiger partial charge on any atom is -0.497 e. The maximum absolute atomic E-state index is 12.5. The largest absolute Gasteiger partial charge is 0.497 e. The fourth-order valence-electron chi connectivity index (χ4n) is 2.95. The van der Waals surface area contributed by atoms with Crippen LogP contribution in [0.25, 0.3) is 0 Å². The first kappa shape index (κ1) is 17.5. The third-order valence-electron chi connectivity index (χ3n) is 4.17. The number of ether oxygens (including phenoxy) is 3. The van der Waals surface area contributed by atoms with Crippen LogP contribution in [0.15, 0.2) is 42.5 Å². The molecule has 0 aromatic heterocycles. The summed E-state index contributed by atoms with van der Waals surface area (Å²) in [4.78, 5) is 14.4. The molecule has 1 saturated heterocycles. The monoisotopic (exact) mass is 359 g/mol. The molecule has 25 heavy (non-hydrogen) atoms. The first-order valence-electron chi connectivity index (χ1n) is 7.92. The van der Waals surface area contributed by atoms with E-state index in [1.807, 2.05) is 47.4 Å². The minimum atomic E-state index is -0.148. The number of hydrogen-bond acceptors (Lipinski definition) is 5. The lowest BCUT2D eigenvalue weighted by molar-refractivity contribution is -0.128. The second kappa shape index (κ2) is 7.70. The zero-order valence-corrected chi connectivity index (χ0v) is 15.3. The Kier molecular flexibility index (Phi) is 5.38. The van der Waals surface area contributed by atoms with Crippen molar-refractivity contribution in [2.24, 2.45) is 0 Å². The highest BCUT2D eigenvalue weighted by Crippen LogP contribution is 2.47. The number of carbonyl (C=O) groups excluding carboxylic acids is 1. The Bertz CT molecular complexity index is 743. The molecule has 132 valence electrons. The van der Waals surface area contributed by atoms with Gasteiger partial charge in [0.25, 0.3) is 0 Å². The maximum Gasteiger partial charge on any atom is 0.234 e. The molecule has 3 rings (SSSR count). The van der Waals surface area contributed by atoms with Crippen molar-refractivity contribution in [1.29, 1.82) is 0 Å². The molecule has 1 unspecified atom stereocenters. The van der Waals surface area contributed by atoms with Gasteiger partial charge in [0, 0.05) is 6.54 Å². The SMILES string of the molecule is COc1cccc(CN2C(=O)CSC2c2c(OC)cccc2OC)c1. The van der Waals surface area contributed by atoms with Crippen molar-refractivity contribution in [3.05, 3.63) is 53.6 Å². The molecule has 2 aromatic carbocycles. The number of hydrogen-bond donors (Lipinski definition) is 0. The lowest BCUT2D eigenvalue weighted by atomic mass is 10.1. The van der Waals surface area contributed by atoms with E-state index >= 15 is 0 Å². The van der Waals surface area contributed by atoms with E-state index in [2.05, 4.69) is 0 Å². The van der Waals surface area contributed by atoms with E-state index in [9.17, 15) is 4.79 Å². The highest BCUT2D eigenvalue weighted by atomic mass is 32.2. The van der Waals surface area contributed by atoms with Crippen molar-refractivity contribution in [2.45, 2.75) is 11.9 Å². The number of methoxy groups -OCH3 is 3. The van der Waals surface area contributed by atoms with Gasteiger partial charge in [0.2, 0.25) is 5.91 Å². The third-order valence-corrected chi connectivity index (χ3v) is 5.39. The molecule has 0 aliphatic carbocycles. The van der Waals surface area contributed by atoms with Gasteiger partial charge < -0.3 is 19.1 Å². The molecule has 1 amide bonds. The summed E-state index contributed by atoms with van der Waals surface area (Å²) in [5.41, 5.74) is 1.92. The second-order valence-electron chi connectivity index (χ2n) is 5.61. The molecule has 1 fully saturated rings. The van der Waals surface area contributed by atoms with Crippen LogP contribution in [0.1, 0.15) is 16.5 Å². The molecule has 0 saturated carbocycles. The molecule has 0 bridgehead atoms. The van der Waals surface area contributed by atoms with Gasteiger partial charge in [-0.1, -0.05) is 18.2 Å². The summed E-state index contributed by atoms with van der Waals surface area (Å²) in [6.45, 7) is 0.509. The quantitative estimate of drug-likeness (QED) is 0.790. The predicted octanol–water partition coefficient (Wildman–Crippen LogP) is 3.49. The lowest BCUT2D eigenvalue weighted by Crippen LogP contribution is -2.28. The summed E-state index contributed by atoms with van der Waals surface area (Å²) in [6, 6.07) is 13.4. The molecular formula is C19H21NO4S. The Balaban J connectivity index is 1.95. The molecule has 5 nitrogen and oxygen atoms in total. The van der Waals surface area contributed by atoms with Gasteiger partial charge >= 0.3 is 0 Å². The first-order chi connectivity index (χ1) is 12.2. The van der Waals surface area contributed by atoms with Gasteiger partial charge in [0.05, 0.1) is 32.6 Å². The molecule has 1 aliphatic rings. The number of amides is 1. The van der Waals surface area contributed by atoms with Gasteiger partial charge in [-0.3, -0.25) is 4.79 Å². The van der Waals surface area contributed by atoms with Crippen molar-refractivity contribution in [3.63, 3.8) is 0 Å². The van der Waals surface area contributed by atoms with Gasteiger partial charge in [-0.25, -0.2) is 0 Å². The van der Waals surface area contributed by atoms with Gasteiger partial charge in [-0.05, 0) is 29.8 Å². The van der Waals surface area contributed by atoms with Crippen LogP contribution < -0.4 is 14.2 Å². The van der Waals surface area contributed by atoms with Crippen LogP contribution in [0.4, 0.5) is 0 Å². The lowest BCUT2D eigenvalue weighted by Gasteiger charge is -2.27. The van der Waals surface area contributed by atoms with E-state index in [0.717, 1.165) is 28.4 Å². The van der Waals surface area contributed by atoms with E-state index in [1.165, 1.54) is 0 Å². The Morgan fingerprint density at radius 1 is 1.04 bits per heavy atom. The van der Waals surface area contributed by atoms with Crippen LogP contribution in [0.5, 0.6) is 17.2 Å². The molecule has 0 spiro atoms. The summed E-state index contributed by atoms with van der Waals surface area (Å²) in [5.74, 6) is 2.77. The molecular weight excluding hydrogens is 338 g/mol. The first-order valence-corrected chi connectivity index (χ1v) is 8.97. The van der Waals surface area contributed by atoms with E-state index in [0.29, 0.717) is 12.3 Å². The number of thioether (sulfide) groups is 1. The van der Waals surface area contributed by atoms with Crippen LogP contribution in [-0.2, 0) is 11.3 Å². The summed E-state index contributed by atoms with van der Waals surface area (Å²) in [5, 5.41) is -0.148. The Morgan fingerprint density at radius 3 is 2.36 bits per heavy atom. The average molecular weight is 359 g/mol. The maximum atomic E-state index is 12.5. The Hall–Kier alpha value is -2.34. The normalized spacial score (nSPS) is 16.8. The zero-order valence-electron chi connectivity index (χ0n) is 14.5. The zero-order chi connectivity index (χ0) is 17.8. The topological polar surface area (TPSA) is 48.0 Å². The molecule has 0 N–H and O–H groups in total. The van der Waals surface area contributed by atoms with Crippen molar-refractivity contribution >= 4 is 17.7 Å². The summed E-state index contributed by atoms with van der Waals surface area (Å²) >= 11 is 1.59. The van der Waals surface area contributed by atoms with E-state index in [4.69, 9.17) is 14.2 Å². The average Bonchev–Trinajstić information content (AvgIpc) is 3.01. The van der Waals surface area contributed by atoms with Crippen LogP contribution in [0.2, 0.25) is 0 Å². The van der Waals surface area contributed by atoms with E-state index in [1.54, 1.807) is 33.1 Å². The highest BCUT2D eigenvalue weighted by molar-refractivity contribution is 8.00. The number of carbonyl (C=O) groups is 1. The highest BCUT2D eigenvalue weighted by Gasteiger charge is 2.36. The molecule has 1 heterocycles. The van der Waals surface area contributed by atoms with E-state index < -0.39 is 0 Å². The number of nitrogens with zero attached hydrogens (tertiary/aromatic N) is 1. The molecule has 2 aromatic rings. The molecule has 0 radical (unpaired) electrons. The van der Waals surface area contributed by atoms with Crippen LogP contribution >= 0.6 is 11.8 Å². The van der Waals surface area contributed by atoms with Gasteiger partial charge in [-0.2, -0.15) is 0 Å². The van der Waals surface area contributed by atoms with Crippen molar-refractivity contribution in [2.75, 3.05) is 27.1 Å². The van der Waals surface area contributed by atoms with Gasteiger partial charge in [-0.15, -0.1) is 11.8 Å². The summed E-state index contributed by atoms with van der Waals surface area (Å²) < 4.78 is 16.3. The van der Waals surface area contributed by atoms with Gasteiger partial charge in [0.15, 0.2) is 0 Å². The Labute approximate surface area is 151 Å². The van der Waals surface area contributed by atoms with Gasteiger partial charge in [0.1, 0.15) is 22.6 Å². The molecule has 6 heteroatoms. The predicted molar refractivity (Wildman–Crippen MR) is 98.3 cm³/mol. The standard InChI is InChI=1S/C19H21NO4S/c1-22-14-7-4-6-13(10-14)11-20-17(21)12-25-19(20)18-15(23-2)8-5-9-16(18)24-3/h4-10,19H,11-12H2,1-3H3.